The van der Waals surface area contributed by atoms with Crippen LogP contribution >= 0.6 is 43.6 Å². The summed E-state index contributed by atoms with van der Waals surface area (Å²) in [4.78, 5) is 4.45. The fraction of sp³-hybridized carbons (Fsp3) is 0.500. The van der Waals surface area contributed by atoms with Gasteiger partial charge in [0.2, 0.25) is 0 Å². The second-order valence-corrected chi connectivity index (χ2v) is 7.10. The molecule has 0 saturated carbocycles. The molecule has 1 unspecified atom stereocenters. The summed E-state index contributed by atoms with van der Waals surface area (Å²) in [5.41, 5.74) is 1.28. The number of pyridine rings is 1. The first-order valence-electron chi connectivity index (χ1n) is 4.68. The molecular weight excluding hydrogens is 340 g/mol. The summed E-state index contributed by atoms with van der Waals surface area (Å²) in [7, 11) is 0. The fourth-order valence-electron chi connectivity index (χ4n) is 1.50. The number of rotatable bonds is 1. The first kappa shape index (κ1) is 11.9. The highest BCUT2D eigenvalue weighted by Crippen LogP contribution is 2.39. The SMILES string of the molecule is CC1(C)CSC(c2ncc(Br)cc2Br)N1. The molecule has 1 aliphatic heterocycles. The molecule has 2 rings (SSSR count). The first-order chi connectivity index (χ1) is 6.98. The fourth-order valence-corrected chi connectivity index (χ4v) is 4.28. The van der Waals surface area contributed by atoms with E-state index in [1.165, 1.54) is 0 Å². The summed E-state index contributed by atoms with van der Waals surface area (Å²) in [6.45, 7) is 4.43. The maximum absolute atomic E-state index is 4.45. The third kappa shape index (κ3) is 2.75. The number of hydrogen-bond acceptors (Lipinski definition) is 3. The molecule has 1 aromatic rings. The maximum Gasteiger partial charge on any atom is 0.0978 e. The van der Waals surface area contributed by atoms with Crippen LogP contribution in [0.3, 0.4) is 0 Å². The zero-order valence-electron chi connectivity index (χ0n) is 8.55. The molecule has 1 aromatic heterocycles. The molecule has 0 aliphatic carbocycles. The summed E-state index contributed by atoms with van der Waals surface area (Å²) < 4.78 is 2.06. The molecule has 2 nitrogen and oxygen atoms in total. The number of thioether (sulfide) groups is 1. The highest BCUT2D eigenvalue weighted by Gasteiger charge is 2.33. The smallest absolute Gasteiger partial charge is 0.0978 e. The second-order valence-electron chi connectivity index (χ2n) is 4.24. The Hall–Kier alpha value is 0.420. The summed E-state index contributed by atoms with van der Waals surface area (Å²) in [6, 6.07) is 2.04. The first-order valence-corrected chi connectivity index (χ1v) is 7.32. The lowest BCUT2D eigenvalue weighted by Gasteiger charge is -2.19. The highest BCUT2D eigenvalue weighted by molar-refractivity contribution is 9.11. The average Bonchev–Trinajstić information content (AvgIpc) is 2.46. The van der Waals surface area contributed by atoms with Crippen LogP contribution in [0.4, 0.5) is 0 Å². The summed E-state index contributed by atoms with van der Waals surface area (Å²) in [5.74, 6) is 1.11. The molecule has 1 fully saturated rings. The standard InChI is InChI=1S/C10H12Br2N2S/c1-10(2)5-15-9(14-10)8-7(12)3-6(11)4-13-8/h3-4,9,14H,5H2,1-2H3. The summed E-state index contributed by atoms with van der Waals surface area (Å²) in [5, 5.41) is 3.86. The van der Waals surface area contributed by atoms with E-state index in [2.05, 4.69) is 56.0 Å². The predicted molar refractivity (Wildman–Crippen MR) is 72.1 cm³/mol. The number of nitrogens with one attached hydrogen (secondary N) is 1. The van der Waals surface area contributed by atoms with E-state index in [1.54, 1.807) is 0 Å². The van der Waals surface area contributed by atoms with Gasteiger partial charge >= 0.3 is 0 Å². The van der Waals surface area contributed by atoms with Crippen LogP contribution in [0.2, 0.25) is 0 Å². The molecule has 0 spiro atoms. The van der Waals surface area contributed by atoms with Gasteiger partial charge in [0.25, 0.3) is 0 Å². The van der Waals surface area contributed by atoms with E-state index in [0.29, 0.717) is 5.37 Å². The van der Waals surface area contributed by atoms with Crippen molar-refractivity contribution in [2.75, 3.05) is 5.75 Å². The van der Waals surface area contributed by atoms with Crippen molar-refractivity contribution < 1.29 is 0 Å². The van der Waals surface area contributed by atoms with Crippen LogP contribution in [-0.4, -0.2) is 16.3 Å². The van der Waals surface area contributed by atoms with Gasteiger partial charge in [-0.2, -0.15) is 0 Å². The summed E-state index contributed by atoms with van der Waals surface area (Å²) in [6.07, 6.45) is 1.84. The Bertz CT molecular complexity index is 382. The molecule has 82 valence electrons. The van der Waals surface area contributed by atoms with Gasteiger partial charge in [-0.15, -0.1) is 11.8 Å². The normalized spacial score (nSPS) is 24.4. The largest absolute Gasteiger partial charge is 0.294 e. The van der Waals surface area contributed by atoms with Crippen LogP contribution in [0, 0.1) is 0 Å². The Balaban J connectivity index is 2.24. The monoisotopic (exact) mass is 350 g/mol. The highest BCUT2D eigenvalue weighted by atomic mass is 79.9. The van der Waals surface area contributed by atoms with E-state index in [-0.39, 0.29) is 5.54 Å². The molecule has 1 saturated heterocycles. The quantitative estimate of drug-likeness (QED) is 0.834. The molecule has 0 aromatic carbocycles. The lowest BCUT2D eigenvalue weighted by molar-refractivity contribution is 0.448. The lowest BCUT2D eigenvalue weighted by atomic mass is 10.1. The minimum Gasteiger partial charge on any atom is -0.294 e. The molecule has 1 atom stereocenters. The van der Waals surface area contributed by atoms with E-state index in [0.717, 1.165) is 20.4 Å². The number of halogens is 2. The van der Waals surface area contributed by atoms with Crippen LogP contribution in [0.5, 0.6) is 0 Å². The van der Waals surface area contributed by atoms with Crippen LogP contribution in [0.15, 0.2) is 21.2 Å². The van der Waals surface area contributed by atoms with E-state index in [1.807, 2.05) is 24.0 Å². The molecule has 0 radical (unpaired) electrons. The minimum atomic E-state index is 0.198. The Morgan fingerprint density at radius 3 is 2.80 bits per heavy atom. The van der Waals surface area contributed by atoms with Crippen LogP contribution in [-0.2, 0) is 0 Å². The number of nitrogens with zero attached hydrogens (tertiary/aromatic N) is 1. The van der Waals surface area contributed by atoms with Gasteiger partial charge in [0.05, 0.1) is 11.1 Å². The number of hydrogen-bond donors (Lipinski definition) is 1. The van der Waals surface area contributed by atoms with Gasteiger partial charge in [-0.3, -0.25) is 10.3 Å². The van der Waals surface area contributed by atoms with Gasteiger partial charge in [0.1, 0.15) is 0 Å². The van der Waals surface area contributed by atoms with Gasteiger partial charge in [0.15, 0.2) is 0 Å². The van der Waals surface area contributed by atoms with Crippen molar-refractivity contribution in [1.29, 1.82) is 0 Å². The number of aromatic nitrogens is 1. The Labute approximate surface area is 111 Å². The second kappa shape index (κ2) is 4.35. The van der Waals surface area contributed by atoms with Crippen LogP contribution in [0.25, 0.3) is 0 Å². The van der Waals surface area contributed by atoms with Crippen molar-refractivity contribution in [2.24, 2.45) is 0 Å². The molecule has 2 heterocycles. The molecule has 15 heavy (non-hydrogen) atoms. The lowest BCUT2D eigenvalue weighted by Crippen LogP contribution is -2.36. The van der Waals surface area contributed by atoms with E-state index >= 15 is 0 Å². The van der Waals surface area contributed by atoms with E-state index in [9.17, 15) is 0 Å². The third-order valence-electron chi connectivity index (χ3n) is 2.22. The molecular formula is C10H12Br2N2S. The van der Waals surface area contributed by atoms with Gasteiger partial charge in [0, 0.05) is 26.4 Å². The Morgan fingerprint density at radius 1 is 1.53 bits per heavy atom. The van der Waals surface area contributed by atoms with Gasteiger partial charge < -0.3 is 0 Å². The zero-order valence-corrected chi connectivity index (χ0v) is 12.5. The summed E-state index contributed by atoms with van der Waals surface area (Å²) >= 11 is 8.86. The molecule has 0 bridgehead atoms. The van der Waals surface area contributed by atoms with Crippen LogP contribution in [0.1, 0.15) is 24.9 Å². The molecule has 1 N–H and O–H groups in total. The van der Waals surface area contributed by atoms with Crippen molar-refractivity contribution in [2.45, 2.75) is 24.8 Å². The van der Waals surface area contributed by atoms with Crippen molar-refractivity contribution in [1.82, 2.24) is 10.3 Å². The zero-order chi connectivity index (χ0) is 11.1. The minimum absolute atomic E-state index is 0.198. The van der Waals surface area contributed by atoms with Crippen molar-refractivity contribution in [3.8, 4) is 0 Å². The van der Waals surface area contributed by atoms with E-state index < -0.39 is 0 Å². The molecule has 0 amide bonds. The molecule has 1 aliphatic rings. The maximum atomic E-state index is 4.45. The van der Waals surface area contributed by atoms with Gasteiger partial charge in [-0.1, -0.05) is 0 Å². The van der Waals surface area contributed by atoms with Crippen molar-refractivity contribution in [3.05, 3.63) is 26.9 Å². The van der Waals surface area contributed by atoms with Gasteiger partial charge in [-0.05, 0) is 51.8 Å². The van der Waals surface area contributed by atoms with Gasteiger partial charge in [-0.25, -0.2) is 0 Å². The Morgan fingerprint density at radius 2 is 2.27 bits per heavy atom. The third-order valence-corrected chi connectivity index (χ3v) is 4.85. The van der Waals surface area contributed by atoms with E-state index in [4.69, 9.17) is 0 Å². The molecule has 5 heteroatoms. The topological polar surface area (TPSA) is 24.9 Å². The van der Waals surface area contributed by atoms with Crippen LogP contribution < -0.4 is 5.32 Å². The average molecular weight is 352 g/mol. The Kier molecular flexibility index (Phi) is 3.45. The van der Waals surface area contributed by atoms with Crippen molar-refractivity contribution >= 4 is 43.6 Å². The van der Waals surface area contributed by atoms with Crippen molar-refractivity contribution in [3.63, 3.8) is 0 Å². The predicted octanol–water partition coefficient (Wildman–Crippen LogP) is 3.72.